The lowest BCUT2D eigenvalue weighted by Gasteiger charge is -2.32. The van der Waals surface area contributed by atoms with Crippen molar-refractivity contribution >= 4 is 10.2 Å². The molecule has 0 saturated heterocycles. The summed E-state index contributed by atoms with van der Waals surface area (Å²) in [6, 6.07) is -0.140. The van der Waals surface area contributed by atoms with Crippen LogP contribution in [0, 0.1) is 5.92 Å². The van der Waals surface area contributed by atoms with Crippen molar-refractivity contribution in [1.29, 1.82) is 0 Å². The number of hydrogen-bond acceptors (Lipinski definition) is 3. The summed E-state index contributed by atoms with van der Waals surface area (Å²) in [6.45, 7) is 3.60. The van der Waals surface area contributed by atoms with Crippen LogP contribution in [0.4, 0.5) is 0 Å². The van der Waals surface area contributed by atoms with E-state index in [2.05, 4.69) is 4.72 Å². The van der Waals surface area contributed by atoms with Crippen molar-refractivity contribution in [2.45, 2.75) is 58.0 Å². The second-order valence-electron chi connectivity index (χ2n) is 5.38. The molecule has 18 heavy (non-hydrogen) atoms. The van der Waals surface area contributed by atoms with E-state index in [1.54, 1.807) is 14.0 Å². The zero-order chi connectivity index (χ0) is 13.8. The van der Waals surface area contributed by atoms with Gasteiger partial charge in [0, 0.05) is 25.7 Å². The monoisotopic (exact) mass is 278 g/mol. The zero-order valence-corrected chi connectivity index (χ0v) is 12.4. The summed E-state index contributed by atoms with van der Waals surface area (Å²) in [7, 11) is -1.79. The lowest BCUT2D eigenvalue weighted by atomic mass is 9.96. The van der Waals surface area contributed by atoms with Crippen molar-refractivity contribution < 1.29 is 13.5 Å². The van der Waals surface area contributed by atoms with Crippen LogP contribution in [0.2, 0.25) is 0 Å². The summed E-state index contributed by atoms with van der Waals surface area (Å²) < 4.78 is 28.5. The minimum Gasteiger partial charge on any atom is -0.396 e. The van der Waals surface area contributed by atoms with Crippen LogP contribution in [0.1, 0.15) is 46.0 Å². The van der Waals surface area contributed by atoms with Crippen LogP contribution < -0.4 is 4.72 Å². The van der Waals surface area contributed by atoms with Crippen LogP contribution in [0.3, 0.4) is 0 Å². The SMILES string of the molecule is CC(CO)C(C)NS(=O)(=O)N(C)C1CCCCC1. The predicted octanol–water partition coefficient (Wildman–Crippen LogP) is 1.10. The number of nitrogens with one attached hydrogen (secondary N) is 1. The Bertz CT molecular complexity index is 339. The maximum Gasteiger partial charge on any atom is 0.279 e. The number of aliphatic hydroxyl groups is 1. The van der Waals surface area contributed by atoms with Gasteiger partial charge in [-0.3, -0.25) is 0 Å². The molecule has 6 heteroatoms. The maximum absolute atomic E-state index is 12.2. The molecule has 0 amide bonds. The highest BCUT2D eigenvalue weighted by atomic mass is 32.2. The molecule has 0 aliphatic heterocycles. The molecule has 1 fully saturated rings. The molecule has 2 unspecified atom stereocenters. The van der Waals surface area contributed by atoms with Gasteiger partial charge in [0.05, 0.1) is 0 Å². The first-order chi connectivity index (χ1) is 8.38. The average Bonchev–Trinajstić information content (AvgIpc) is 2.37. The summed E-state index contributed by atoms with van der Waals surface area (Å²) in [4.78, 5) is 0. The number of hydrogen-bond donors (Lipinski definition) is 2. The smallest absolute Gasteiger partial charge is 0.279 e. The Morgan fingerprint density at radius 1 is 1.28 bits per heavy atom. The van der Waals surface area contributed by atoms with Gasteiger partial charge in [0.2, 0.25) is 0 Å². The van der Waals surface area contributed by atoms with Crippen molar-refractivity contribution in [3.63, 3.8) is 0 Å². The van der Waals surface area contributed by atoms with E-state index < -0.39 is 10.2 Å². The largest absolute Gasteiger partial charge is 0.396 e. The third-order valence-electron chi connectivity index (χ3n) is 3.94. The van der Waals surface area contributed by atoms with E-state index >= 15 is 0 Å². The van der Waals surface area contributed by atoms with Crippen molar-refractivity contribution in [1.82, 2.24) is 9.03 Å². The second-order valence-corrected chi connectivity index (χ2v) is 7.14. The molecule has 1 saturated carbocycles. The van der Waals surface area contributed by atoms with Crippen LogP contribution in [0.15, 0.2) is 0 Å². The van der Waals surface area contributed by atoms with Crippen molar-refractivity contribution in [3.8, 4) is 0 Å². The van der Waals surface area contributed by atoms with Crippen molar-refractivity contribution in [2.24, 2.45) is 5.92 Å². The fraction of sp³-hybridized carbons (Fsp3) is 1.00. The summed E-state index contributed by atoms with van der Waals surface area (Å²) in [6.07, 6.45) is 5.30. The quantitative estimate of drug-likeness (QED) is 0.764. The van der Waals surface area contributed by atoms with E-state index in [0.717, 1.165) is 25.7 Å². The molecule has 0 radical (unpaired) electrons. The molecule has 0 bridgehead atoms. The van der Waals surface area contributed by atoms with Crippen LogP contribution in [-0.2, 0) is 10.2 Å². The van der Waals surface area contributed by atoms with Gasteiger partial charge in [0.15, 0.2) is 0 Å². The molecule has 1 aliphatic rings. The van der Waals surface area contributed by atoms with Gasteiger partial charge in [0.25, 0.3) is 10.2 Å². The number of rotatable bonds is 6. The maximum atomic E-state index is 12.2. The fourth-order valence-corrected chi connectivity index (χ4v) is 3.70. The number of aliphatic hydroxyl groups excluding tert-OH is 1. The van der Waals surface area contributed by atoms with E-state index in [1.807, 2.05) is 6.92 Å². The molecule has 2 N–H and O–H groups in total. The molecule has 1 aliphatic carbocycles. The molecule has 0 aromatic rings. The van der Waals surface area contributed by atoms with Crippen molar-refractivity contribution in [2.75, 3.05) is 13.7 Å². The van der Waals surface area contributed by atoms with Gasteiger partial charge in [0.1, 0.15) is 0 Å². The number of nitrogens with zero attached hydrogens (tertiary/aromatic N) is 1. The Hall–Kier alpha value is -0.170. The van der Waals surface area contributed by atoms with Gasteiger partial charge >= 0.3 is 0 Å². The topological polar surface area (TPSA) is 69.6 Å². The first-order valence-electron chi connectivity index (χ1n) is 6.74. The minimum atomic E-state index is -3.44. The van der Waals surface area contributed by atoms with Crippen LogP contribution in [0.25, 0.3) is 0 Å². The highest BCUT2D eigenvalue weighted by Crippen LogP contribution is 2.23. The Morgan fingerprint density at radius 2 is 1.83 bits per heavy atom. The molecule has 2 atom stereocenters. The fourth-order valence-electron chi connectivity index (χ4n) is 2.23. The molecule has 0 aromatic heterocycles. The second kappa shape index (κ2) is 6.84. The summed E-state index contributed by atoms with van der Waals surface area (Å²) in [5, 5.41) is 9.04. The molecule has 5 nitrogen and oxygen atoms in total. The highest BCUT2D eigenvalue weighted by Gasteiger charge is 2.29. The van der Waals surface area contributed by atoms with Gasteiger partial charge in [-0.15, -0.1) is 0 Å². The Labute approximate surface area is 111 Å². The molecule has 0 aromatic carbocycles. The normalized spacial score (nSPS) is 22.1. The highest BCUT2D eigenvalue weighted by molar-refractivity contribution is 7.87. The third kappa shape index (κ3) is 4.19. The zero-order valence-electron chi connectivity index (χ0n) is 11.6. The third-order valence-corrected chi connectivity index (χ3v) is 5.67. The molecule has 0 heterocycles. The van der Waals surface area contributed by atoms with Crippen molar-refractivity contribution in [3.05, 3.63) is 0 Å². The Balaban J connectivity index is 2.61. The average molecular weight is 278 g/mol. The lowest BCUT2D eigenvalue weighted by molar-refractivity contribution is 0.213. The van der Waals surface area contributed by atoms with E-state index in [-0.39, 0.29) is 24.6 Å². The van der Waals surface area contributed by atoms with Gasteiger partial charge in [-0.25, -0.2) is 0 Å². The first kappa shape index (κ1) is 15.9. The molecule has 1 rings (SSSR count). The molecular formula is C12H26N2O3S. The molecule has 0 spiro atoms. The van der Waals surface area contributed by atoms with Gasteiger partial charge in [-0.1, -0.05) is 26.2 Å². The summed E-state index contributed by atoms with van der Waals surface area (Å²) >= 11 is 0. The van der Waals surface area contributed by atoms with E-state index in [4.69, 9.17) is 5.11 Å². The van der Waals surface area contributed by atoms with Crippen LogP contribution in [-0.4, -0.2) is 43.6 Å². The van der Waals surface area contributed by atoms with Crippen LogP contribution >= 0.6 is 0 Å². The lowest BCUT2D eigenvalue weighted by Crippen LogP contribution is -2.49. The van der Waals surface area contributed by atoms with E-state index in [9.17, 15) is 8.42 Å². The van der Waals surface area contributed by atoms with E-state index in [1.165, 1.54) is 10.7 Å². The van der Waals surface area contributed by atoms with Gasteiger partial charge in [-0.05, 0) is 25.7 Å². The summed E-state index contributed by atoms with van der Waals surface area (Å²) in [5.74, 6) is -0.0838. The predicted molar refractivity (Wildman–Crippen MR) is 72.4 cm³/mol. The van der Waals surface area contributed by atoms with Crippen LogP contribution in [0.5, 0.6) is 0 Å². The molecular weight excluding hydrogens is 252 g/mol. The molecule has 108 valence electrons. The first-order valence-corrected chi connectivity index (χ1v) is 8.18. The summed E-state index contributed by atoms with van der Waals surface area (Å²) in [5.41, 5.74) is 0. The van der Waals surface area contributed by atoms with Gasteiger partial charge in [-0.2, -0.15) is 17.4 Å². The Kier molecular flexibility index (Phi) is 6.04. The van der Waals surface area contributed by atoms with Gasteiger partial charge < -0.3 is 5.11 Å². The Morgan fingerprint density at radius 3 is 2.33 bits per heavy atom. The standard InChI is InChI=1S/C12H26N2O3S/c1-10(9-15)11(2)13-18(16,17)14(3)12-7-5-4-6-8-12/h10-13,15H,4-9H2,1-3H3. The minimum absolute atomic E-state index is 0.0170. The van der Waals surface area contributed by atoms with E-state index in [0.29, 0.717) is 0 Å².